The molecule has 72 valence electrons. The highest BCUT2D eigenvalue weighted by atomic mass is 14.9. The lowest BCUT2D eigenvalue weighted by Crippen LogP contribution is -2.23. The predicted molar refractivity (Wildman–Crippen MR) is 56.4 cm³/mol. The first-order valence-corrected chi connectivity index (χ1v) is 5.02. The van der Waals surface area contributed by atoms with E-state index < -0.39 is 0 Å². The molecule has 0 aromatic carbocycles. The van der Waals surface area contributed by atoms with E-state index >= 15 is 0 Å². The van der Waals surface area contributed by atoms with Crippen LogP contribution in [0.2, 0.25) is 0 Å². The summed E-state index contributed by atoms with van der Waals surface area (Å²) in [6.45, 7) is 9.86. The average molecular weight is 169 g/mol. The van der Waals surface area contributed by atoms with Gasteiger partial charge in [-0.1, -0.05) is 25.5 Å². The monoisotopic (exact) mass is 169 g/mol. The van der Waals surface area contributed by atoms with Gasteiger partial charge in [-0.25, -0.2) is 0 Å². The first-order chi connectivity index (χ1) is 5.66. The van der Waals surface area contributed by atoms with Gasteiger partial charge >= 0.3 is 0 Å². The third-order valence-electron chi connectivity index (χ3n) is 2.04. The first-order valence-electron chi connectivity index (χ1n) is 5.02. The zero-order valence-electron chi connectivity index (χ0n) is 8.98. The summed E-state index contributed by atoms with van der Waals surface area (Å²) < 4.78 is 0. The zero-order valence-corrected chi connectivity index (χ0v) is 8.98. The Morgan fingerprint density at radius 1 is 1.33 bits per heavy atom. The van der Waals surface area contributed by atoms with Crippen LogP contribution in [0.3, 0.4) is 0 Å². The Balaban J connectivity index is 3.11. The largest absolute Gasteiger partial charge is 0.315 e. The van der Waals surface area contributed by atoms with Crippen LogP contribution < -0.4 is 5.32 Å². The number of allylic oxidation sites excluding steroid dienone is 2. The molecule has 0 saturated heterocycles. The van der Waals surface area contributed by atoms with Crippen molar-refractivity contribution in [2.75, 3.05) is 6.54 Å². The Labute approximate surface area is 77.2 Å². The van der Waals surface area contributed by atoms with Crippen molar-refractivity contribution < 1.29 is 0 Å². The number of hydrogen-bond donors (Lipinski definition) is 1. The van der Waals surface area contributed by atoms with E-state index in [1.165, 1.54) is 24.8 Å². The van der Waals surface area contributed by atoms with E-state index in [9.17, 15) is 0 Å². The number of nitrogens with one attached hydrogen (secondary N) is 1. The Bertz CT molecular complexity index is 125. The summed E-state index contributed by atoms with van der Waals surface area (Å²) in [6, 6.07) is 0.632. The van der Waals surface area contributed by atoms with Crippen LogP contribution in [0.4, 0.5) is 0 Å². The molecular formula is C11H23N. The Hall–Kier alpha value is -0.300. The van der Waals surface area contributed by atoms with E-state index in [0.717, 1.165) is 6.54 Å². The van der Waals surface area contributed by atoms with Crippen molar-refractivity contribution in [2.24, 2.45) is 0 Å². The summed E-state index contributed by atoms with van der Waals surface area (Å²) in [5.74, 6) is 0. The molecule has 0 aromatic rings. The molecule has 0 amide bonds. The molecule has 0 aromatic heterocycles. The van der Waals surface area contributed by atoms with Crippen molar-refractivity contribution in [3.8, 4) is 0 Å². The lowest BCUT2D eigenvalue weighted by Gasteiger charge is -2.07. The van der Waals surface area contributed by atoms with E-state index in [1.54, 1.807) is 0 Å². The van der Waals surface area contributed by atoms with Crippen molar-refractivity contribution in [1.82, 2.24) is 5.32 Å². The molecule has 1 nitrogen and oxygen atoms in total. The predicted octanol–water partition coefficient (Wildman–Crippen LogP) is 3.12. The smallest absolute Gasteiger partial charge is 0.00103 e. The van der Waals surface area contributed by atoms with Gasteiger partial charge < -0.3 is 5.32 Å². The summed E-state index contributed by atoms with van der Waals surface area (Å²) >= 11 is 0. The third kappa shape index (κ3) is 7.80. The van der Waals surface area contributed by atoms with Crippen molar-refractivity contribution in [1.29, 1.82) is 0 Å². The van der Waals surface area contributed by atoms with Crippen LogP contribution in [-0.4, -0.2) is 12.6 Å². The van der Waals surface area contributed by atoms with Crippen LogP contribution >= 0.6 is 0 Å². The van der Waals surface area contributed by atoms with Gasteiger partial charge in [0.1, 0.15) is 0 Å². The Morgan fingerprint density at radius 2 is 2.00 bits per heavy atom. The van der Waals surface area contributed by atoms with E-state index in [1.807, 2.05) is 0 Å². The summed E-state index contributed by atoms with van der Waals surface area (Å²) in [7, 11) is 0. The van der Waals surface area contributed by atoms with Gasteiger partial charge in [-0.15, -0.1) is 0 Å². The van der Waals surface area contributed by atoms with Crippen molar-refractivity contribution >= 4 is 0 Å². The van der Waals surface area contributed by atoms with Crippen LogP contribution in [0.25, 0.3) is 0 Å². The van der Waals surface area contributed by atoms with Crippen molar-refractivity contribution in [2.45, 2.75) is 53.0 Å². The molecule has 0 aliphatic rings. The van der Waals surface area contributed by atoms with E-state index in [4.69, 9.17) is 0 Å². The molecular weight excluding hydrogens is 146 g/mol. The molecule has 12 heavy (non-hydrogen) atoms. The minimum atomic E-state index is 0.632. The summed E-state index contributed by atoms with van der Waals surface area (Å²) in [4.78, 5) is 0. The summed E-state index contributed by atoms with van der Waals surface area (Å²) in [5.41, 5.74) is 1.51. The van der Waals surface area contributed by atoms with Gasteiger partial charge in [-0.05, 0) is 39.7 Å². The number of rotatable bonds is 6. The summed E-state index contributed by atoms with van der Waals surface area (Å²) in [5, 5.41) is 3.42. The van der Waals surface area contributed by atoms with E-state index in [2.05, 4.69) is 39.1 Å². The highest BCUT2D eigenvalue weighted by Gasteiger charge is 1.92. The molecule has 1 heteroatoms. The van der Waals surface area contributed by atoms with Crippen LogP contribution in [0.1, 0.15) is 47.0 Å². The minimum absolute atomic E-state index is 0.632. The SMILES string of the molecule is C/C=C(\C)CCCCNC(C)C. The van der Waals surface area contributed by atoms with Gasteiger partial charge in [-0.2, -0.15) is 0 Å². The topological polar surface area (TPSA) is 12.0 Å². The Morgan fingerprint density at radius 3 is 2.50 bits per heavy atom. The van der Waals surface area contributed by atoms with Crippen LogP contribution in [0, 0.1) is 0 Å². The molecule has 0 rings (SSSR count). The average Bonchev–Trinajstić information content (AvgIpc) is 2.03. The number of hydrogen-bond acceptors (Lipinski definition) is 1. The normalized spacial score (nSPS) is 12.6. The lowest BCUT2D eigenvalue weighted by molar-refractivity contribution is 0.557. The van der Waals surface area contributed by atoms with Gasteiger partial charge in [0.05, 0.1) is 0 Å². The fourth-order valence-corrected chi connectivity index (χ4v) is 1.06. The van der Waals surface area contributed by atoms with E-state index in [0.29, 0.717) is 6.04 Å². The molecule has 0 aliphatic carbocycles. The molecule has 0 radical (unpaired) electrons. The molecule has 0 spiro atoms. The molecule has 0 bridgehead atoms. The van der Waals surface area contributed by atoms with Gasteiger partial charge in [0, 0.05) is 6.04 Å². The Kier molecular flexibility index (Phi) is 7.17. The number of unbranched alkanes of at least 4 members (excludes halogenated alkanes) is 1. The standard InChI is InChI=1S/C11H23N/c1-5-11(4)8-6-7-9-12-10(2)3/h5,10,12H,6-9H2,1-4H3/b11-5+. The zero-order chi connectivity index (χ0) is 9.40. The fourth-order valence-electron chi connectivity index (χ4n) is 1.06. The van der Waals surface area contributed by atoms with E-state index in [-0.39, 0.29) is 0 Å². The molecule has 0 unspecified atom stereocenters. The molecule has 0 fully saturated rings. The second kappa shape index (κ2) is 7.35. The van der Waals surface area contributed by atoms with Crippen molar-refractivity contribution in [3.63, 3.8) is 0 Å². The van der Waals surface area contributed by atoms with Crippen LogP contribution in [-0.2, 0) is 0 Å². The molecule has 0 heterocycles. The summed E-state index contributed by atoms with van der Waals surface area (Å²) in [6.07, 6.45) is 6.07. The third-order valence-corrected chi connectivity index (χ3v) is 2.04. The fraction of sp³-hybridized carbons (Fsp3) is 0.818. The van der Waals surface area contributed by atoms with Gasteiger partial charge in [0.2, 0.25) is 0 Å². The second-order valence-corrected chi connectivity index (χ2v) is 3.70. The minimum Gasteiger partial charge on any atom is -0.315 e. The second-order valence-electron chi connectivity index (χ2n) is 3.70. The van der Waals surface area contributed by atoms with Crippen molar-refractivity contribution in [3.05, 3.63) is 11.6 Å². The first kappa shape index (κ1) is 11.7. The molecule has 0 atom stereocenters. The quantitative estimate of drug-likeness (QED) is 0.476. The lowest BCUT2D eigenvalue weighted by atomic mass is 10.1. The van der Waals surface area contributed by atoms with Gasteiger partial charge in [-0.3, -0.25) is 0 Å². The van der Waals surface area contributed by atoms with Gasteiger partial charge in [0.25, 0.3) is 0 Å². The molecule has 0 saturated carbocycles. The highest BCUT2D eigenvalue weighted by Crippen LogP contribution is 2.04. The maximum absolute atomic E-state index is 3.42. The van der Waals surface area contributed by atoms with Crippen LogP contribution in [0.15, 0.2) is 11.6 Å². The maximum atomic E-state index is 3.42. The maximum Gasteiger partial charge on any atom is 0.00103 e. The highest BCUT2D eigenvalue weighted by molar-refractivity contribution is 4.94. The molecule has 1 N–H and O–H groups in total. The van der Waals surface area contributed by atoms with Crippen LogP contribution in [0.5, 0.6) is 0 Å². The van der Waals surface area contributed by atoms with Gasteiger partial charge in [0.15, 0.2) is 0 Å². The molecule has 0 aliphatic heterocycles.